The Kier molecular flexibility index (Phi) is 7.96. The lowest BCUT2D eigenvalue weighted by Crippen LogP contribution is -2.44. The first kappa shape index (κ1) is 23.1. The van der Waals surface area contributed by atoms with Crippen LogP contribution in [0.2, 0.25) is 0 Å². The molecule has 1 N–H and O–H groups in total. The van der Waals surface area contributed by atoms with Gasteiger partial charge in [-0.25, -0.2) is 8.42 Å². The first-order valence-electron chi connectivity index (χ1n) is 9.91. The highest BCUT2D eigenvalue weighted by molar-refractivity contribution is 7.89. The van der Waals surface area contributed by atoms with Crippen LogP contribution in [0.15, 0.2) is 59.5 Å². The number of carbonyl (C=O) groups is 1. The van der Waals surface area contributed by atoms with Crippen molar-refractivity contribution in [3.8, 4) is 0 Å². The van der Waals surface area contributed by atoms with Gasteiger partial charge in [0.1, 0.15) is 0 Å². The Labute approximate surface area is 174 Å². The molecule has 2 atom stereocenters. The van der Waals surface area contributed by atoms with Crippen LogP contribution < -0.4 is 10.2 Å². The molecule has 0 aromatic heterocycles. The van der Waals surface area contributed by atoms with E-state index in [1.54, 1.807) is 36.2 Å². The van der Waals surface area contributed by atoms with E-state index in [0.29, 0.717) is 13.1 Å². The van der Waals surface area contributed by atoms with Gasteiger partial charge < -0.3 is 4.90 Å². The SMILES string of the molecule is CCN(CC)S(=O)(=O)c1ccc([C@H](C)N[C@@H](C)C(=O)N(C)c2ccccc2)cc1. The molecule has 6 nitrogen and oxygen atoms in total. The third-order valence-electron chi connectivity index (χ3n) is 5.07. The molecule has 0 heterocycles. The van der Waals surface area contributed by atoms with Gasteiger partial charge in [0.15, 0.2) is 0 Å². The Hall–Kier alpha value is -2.22. The number of nitrogens with one attached hydrogen (secondary N) is 1. The lowest BCUT2D eigenvalue weighted by molar-refractivity contribution is -0.120. The summed E-state index contributed by atoms with van der Waals surface area (Å²) < 4.78 is 26.7. The minimum absolute atomic E-state index is 0.0382. The van der Waals surface area contributed by atoms with E-state index < -0.39 is 16.1 Å². The zero-order valence-electron chi connectivity index (χ0n) is 17.8. The van der Waals surface area contributed by atoms with E-state index in [9.17, 15) is 13.2 Å². The summed E-state index contributed by atoms with van der Waals surface area (Å²) in [4.78, 5) is 14.6. The van der Waals surface area contributed by atoms with Crippen LogP contribution >= 0.6 is 0 Å². The van der Waals surface area contributed by atoms with Crippen LogP contribution in [0.25, 0.3) is 0 Å². The summed E-state index contributed by atoms with van der Waals surface area (Å²) in [6.07, 6.45) is 0. The van der Waals surface area contributed by atoms with Crippen molar-refractivity contribution in [2.45, 2.75) is 44.7 Å². The van der Waals surface area contributed by atoms with Gasteiger partial charge in [-0.05, 0) is 43.7 Å². The van der Waals surface area contributed by atoms with E-state index in [-0.39, 0.29) is 16.8 Å². The van der Waals surface area contributed by atoms with Gasteiger partial charge in [0.05, 0.1) is 10.9 Å². The van der Waals surface area contributed by atoms with E-state index >= 15 is 0 Å². The van der Waals surface area contributed by atoms with Crippen molar-refractivity contribution < 1.29 is 13.2 Å². The zero-order valence-corrected chi connectivity index (χ0v) is 18.6. The molecule has 2 aromatic rings. The third kappa shape index (κ3) is 5.44. The maximum atomic E-state index is 12.7. The normalized spacial score (nSPS) is 13.9. The van der Waals surface area contributed by atoms with Crippen molar-refractivity contribution in [2.24, 2.45) is 0 Å². The van der Waals surface area contributed by atoms with Crippen molar-refractivity contribution in [1.82, 2.24) is 9.62 Å². The number of amides is 1. The molecular weight excluding hydrogens is 386 g/mol. The fraction of sp³-hybridized carbons (Fsp3) is 0.409. The van der Waals surface area contributed by atoms with Crippen LogP contribution in [-0.4, -0.2) is 44.8 Å². The topological polar surface area (TPSA) is 69.7 Å². The van der Waals surface area contributed by atoms with Crippen LogP contribution in [0.1, 0.15) is 39.3 Å². The first-order chi connectivity index (χ1) is 13.7. The summed E-state index contributed by atoms with van der Waals surface area (Å²) >= 11 is 0. The Morgan fingerprint density at radius 1 is 0.966 bits per heavy atom. The Balaban J connectivity index is 2.07. The summed E-state index contributed by atoms with van der Waals surface area (Å²) in [5, 5.41) is 3.30. The molecule has 0 aliphatic carbocycles. The predicted octanol–water partition coefficient (Wildman–Crippen LogP) is 3.42. The van der Waals surface area contributed by atoms with Gasteiger partial charge in [0, 0.05) is 31.9 Å². The average molecular weight is 418 g/mol. The van der Waals surface area contributed by atoms with Crippen molar-refractivity contribution in [3.63, 3.8) is 0 Å². The van der Waals surface area contributed by atoms with Gasteiger partial charge in [0.2, 0.25) is 15.9 Å². The van der Waals surface area contributed by atoms with Crippen molar-refractivity contribution in [1.29, 1.82) is 0 Å². The lowest BCUT2D eigenvalue weighted by Gasteiger charge is -2.25. The van der Waals surface area contributed by atoms with Gasteiger partial charge in [-0.2, -0.15) is 4.31 Å². The maximum Gasteiger partial charge on any atom is 0.243 e. The summed E-state index contributed by atoms with van der Waals surface area (Å²) in [5.41, 5.74) is 1.76. The van der Waals surface area contributed by atoms with Crippen LogP contribution in [0, 0.1) is 0 Å². The summed E-state index contributed by atoms with van der Waals surface area (Å²) in [6.45, 7) is 8.32. The summed E-state index contributed by atoms with van der Waals surface area (Å²) in [5.74, 6) is -0.0382. The van der Waals surface area contributed by atoms with E-state index in [1.807, 2.05) is 58.0 Å². The second kappa shape index (κ2) is 10.0. The quantitative estimate of drug-likeness (QED) is 0.679. The van der Waals surface area contributed by atoms with Gasteiger partial charge >= 0.3 is 0 Å². The van der Waals surface area contributed by atoms with Crippen molar-refractivity contribution in [3.05, 3.63) is 60.2 Å². The third-order valence-corrected chi connectivity index (χ3v) is 7.13. The highest BCUT2D eigenvalue weighted by Gasteiger charge is 2.23. The number of anilines is 1. The minimum atomic E-state index is -3.47. The smallest absolute Gasteiger partial charge is 0.243 e. The fourth-order valence-corrected chi connectivity index (χ4v) is 4.71. The molecule has 0 saturated heterocycles. The molecule has 29 heavy (non-hydrogen) atoms. The number of para-hydroxylation sites is 1. The first-order valence-corrected chi connectivity index (χ1v) is 11.3. The van der Waals surface area contributed by atoms with Crippen molar-refractivity contribution >= 4 is 21.6 Å². The molecule has 0 aliphatic heterocycles. The molecule has 0 aliphatic rings. The summed E-state index contributed by atoms with van der Waals surface area (Å²) in [7, 11) is -1.71. The average Bonchev–Trinajstić information content (AvgIpc) is 2.74. The van der Waals surface area contributed by atoms with Gasteiger partial charge in [-0.3, -0.25) is 10.1 Å². The number of benzene rings is 2. The standard InChI is InChI=1S/C22H31N3O3S/c1-6-25(7-2)29(27,28)21-15-13-19(14-16-21)17(3)23-18(4)22(26)24(5)20-11-9-8-10-12-20/h8-18,23H,6-7H2,1-5H3/t17-,18-/m0/s1. The second-order valence-corrected chi connectivity index (χ2v) is 8.94. The highest BCUT2D eigenvalue weighted by Crippen LogP contribution is 2.20. The molecule has 0 spiro atoms. The molecule has 7 heteroatoms. The molecule has 0 bridgehead atoms. The molecule has 0 radical (unpaired) electrons. The molecule has 0 unspecified atom stereocenters. The lowest BCUT2D eigenvalue weighted by atomic mass is 10.1. The number of nitrogens with zero attached hydrogens (tertiary/aromatic N) is 2. The summed E-state index contributed by atoms with van der Waals surface area (Å²) in [6, 6.07) is 15.8. The number of likely N-dealkylation sites (N-methyl/N-ethyl adjacent to an activating group) is 1. The largest absolute Gasteiger partial charge is 0.314 e. The molecule has 0 saturated carbocycles. The maximum absolute atomic E-state index is 12.7. The van der Waals surface area contributed by atoms with Crippen LogP contribution in [0.3, 0.4) is 0 Å². The second-order valence-electron chi connectivity index (χ2n) is 7.00. The number of hydrogen-bond acceptors (Lipinski definition) is 4. The Morgan fingerprint density at radius 2 is 1.52 bits per heavy atom. The number of carbonyl (C=O) groups excluding carboxylic acids is 1. The van der Waals surface area contributed by atoms with E-state index in [0.717, 1.165) is 11.3 Å². The molecule has 2 rings (SSSR count). The molecule has 0 fully saturated rings. The molecule has 1 amide bonds. The number of sulfonamides is 1. The van der Waals surface area contributed by atoms with Gasteiger partial charge in [-0.1, -0.05) is 44.2 Å². The fourth-order valence-electron chi connectivity index (χ4n) is 3.25. The number of rotatable bonds is 9. The molecule has 158 valence electrons. The number of hydrogen-bond donors (Lipinski definition) is 1. The minimum Gasteiger partial charge on any atom is -0.314 e. The van der Waals surface area contributed by atoms with E-state index in [4.69, 9.17) is 0 Å². The predicted molar refractivity (Wildman–Crippen MR) is 117 cm³/mol. The Morgan fingerprint density at radius 3 is 2.03 bits per heavy atom. The Bertz CT molecular complexity index is 895. The van der Waals surface area contributed by atoms with Crippen molar-refractivity contribution in [2.75, 3.05) is 25.0 Å². The molecular formula is C22H31N3O3S. The molecule has 2 aromatic carbocycles. The van der Waals surface area contributed by atoms with Crippen LogP contribution in [0.4, 0.5) is 5.69 Å². The van der Waals surface area contributed by atoms with E-state index in [1.165, 1.54) is 4.31 Å². The zero-order chi connectivity index (χ0) is 21.6. The van der Waals surface area contributed by atoms with Crippen LogP contribution in [0.5, 0.6) is 0 Å². The van der Waals surface area contributed by atoms with Gasteiger partial charge in [-0.15, -0.1) is 0 Å². The van der Waals surface area contributed by atoms with Gasteiger partial charge in [0.25, 0.3) is 0 Å². The highest BCUT2D eigenvalue weighted by atomic mass is 32.2. The van der Waals surface area contributed by atoms with Crippen LogP contribution in [-0.2, 0) is 14.8 Å². The van der Waals surface area contributed by atoms with E-state index in [2.05, 4.69) is 5.32 Å². The monoisotopic (exact) mass is 417 g/mol.